The van der Waals surface area contributed by atoms with Crippen molar-refractivity contribution in [3.8, 4) is 5.75 Å². The summed E-state index contributed by atoms with van der Waals surface area (Å²) in [6.45, 7) is 4.97. The minimum Gasteiger partial charge on any atom is -0.455 e. The van der Waals surface area contributed by atoms with E-state index in [0.29, 0.717) is 35.1 Å². The van der Waals surface area contributed by atoms with E-state index in [9.17, 15) is 9.59 Å². The standard InChI is InChI=1S/C23H27ClN2O3/c1-16-10-11-22(20(24)15-16)29-21-9-5-3-4-8-19(21)23(28)25-18-7-6-13-26(14-12-18)17(2)27/h3-5,9-11,15,18H,6-8,12-14H2,1-2H3,(H,25,28). The van der Waals surface area contributed by atoms with Gasteiger partial charge in [-0.3, -0.25) is 9.59 Å². The zero-order valence-corrected chi connectivity index (χ0v) is 17.7. The predicted molar refractivity (Wildman–Crippen MR) is 115 cm³/mol. The van der Waals surface area contributed by atoms with Crippen molar-refractivity contribution in [2.75, 3.05) is 13.1 Å². The lowest BCUT2D eigenvalue weighted by Gasteiger charge is -2.20. The molecule has 3 rings (SSSR count). The van der Waals surface area contributed by atoms with E-state index in [0.717, 1.165) is 31.4 Å². The van der Waals surface area contributed by atoms with Crippen molar-refractivity contribution in [3.63, 3.8) is 0 Å². The smallest absolute Gasteiger partial charge is 0.251 e. The Balaban J connectivity index is 1.75. The first-order valence-corrected chi connectivity index (χ1v) is 10.4. The highest BCUT2D eigenvalue weighted by Gasteiger charge is 2.23. The lowest BCUT2D eigenvalue weighted by molar-refractivity contribution is -0.128. The van der Waals surface area contributed by atoms with Crippen LogP contribution in [0.3, 0.4) is 0 Å². The summed E-state index contributed by atoms with van der Waals surface area (Å²) in [4.78, 5) is 26.5. The van der Waals surface area contributed by atoms with Gasteiger partial charge in [0, 0.05) is 26.1 Å². The molecule has 154 valence electrons. The number of rotatable bonds is 4. The van der Waals surface area contributed by atoms with Crippen molar-refractivity contribution in [2.45, 2.75) is 45.6 Å². The maximum atomic E-state index is 13.1. The van der Waals surface area contributed by atoms with E-state index in [2.05, 4.69) is 5.32 Å². The van der Waals surface area contributed by atoms with Crippen LogP contribution in [0.4, 0.5) is 0 Å². The van der Waals surface area contributed by atoms with Gasteiger partial charge in [-0.1, -0.05) is 35.9 Å². The number of carbonyl (C=O) groups is 2. The van der Waals surface area contributed by atoms with Crippen molar-refractivity contribution in [2.24, 2.45) is 0 Å². The van der Waals surface area contributed by atoms with Crippen molar-refractivity contribution >= 4 is 23.4 Å². The van der Waals surface area contributed by atoms with Crippen LogP contribution in [-0.4, -0.2) is 35.8 Å². The van der Waals surface area contributed by atoms with Crippen LogP contribution in [0.2, 0.25) is 5.02 Å². The summed E-state index contributed by atoms with van der Waals surface area (Å²) in [7, 11) is 0. The van der Waals surface area contributed by atoms with Crippen molar-refractivity contribution in [1.29, 1.82) is 0 Å². The number of allylic oxidation sites excluding steroid dienone is 4. The van der Waals surface area contributed by atoms with E-state index < -0.39 is 0 Å². The first-order valence-electron chi connectivity index (χ1n) is 10.0. The average molecular weight is 415 g/mol. The Morgan fingerprint density at radius 1 is 1.21 bits per heavy atom. The zero-order valence-electron chi connectivity index (χ0n) is 16.9. The summed E-state index contributed by atoms with van der Waals surface area (Å²) < 4.78 is 6.02. The fraction of sp³-hybridized carbons (Fsp3) is 0.391. The molecule has 2 amide bonds. The highest BCUT2D eigenvalue weighted by Crippen LogP contribution is 2.29. The molecule has 1 aromatic rings. The number of carbonyl (C=O) groups excluding carboxylic acids is 2. The van der Waals surface area contributed by atoms with Gasteiger partial charge in [-0.15, -0.1) is 0 Å². The van der Waals surface area contributed by atoms with Gasteiger partial charge in [0.05, 0.1) is 10.6 Å². The number of likely N-dealkylation sites (tertiary alicyclic amines) is 1. The van der Waals surface area contributed by atoms with E-state index in [1.807, 2.05) is 48.3 Å². The third kappa shape index (κ3) is 5.73. The Labute approximate surface area is 177 Å². The normalized spacial score (nSPS) is 19.6. The maximum absolute atomic E-state index is 13.1. The van der Waals surface area contributed by atoms with E-state index in [1.165, 1.54) is 0 Å². The molecule has 2 aliphatic rings. The molecule has 1 heterocycles. The van der Waals surface area contributed by atoms with Crippen LogP contribution in [-0.2, 0) is 9.59 Å². The Morgan fingerprint density at radius 2 is 2.03 bits per heavy atom. The summed E-state index contributed by atoms with van der Waals surface area (Å²) >= 11 is 6.31. The maximum Gasteiger partial charge on any atom is 0.251 e. The van der Waals surface area contributed by atoms with Crippen molar-refractivity contribution in [3.05, 3.63) is 64.4 Å². The van der Waals surface area contributed by atoms with Gasteiger partial charge in [-0.05, 0) is 56.4 Å². The summed E-state index contributed by atoms with van der Waals surface area (Å²) in [5.41, 5.74) is 1.61. The van der Waals surface area contributed by atoms with E-state index >= 15 is 0 Å². The number of nitrogens with one attached hydrogen (secondary N) is 1. The molecule has 0 aromatic heterocycles. The topological polar surface area (TPSA) is 58.6 Å². The molecule has 5 nitrogen and oxygen atoms in total. The molecule has 1 aliphatic carbocycles. The first-order chi connectivity index (χ1) is 13.9. The minimum absolute atomic E-state index is 0.0415. The molecule has 0 bridgehead atoms. The van der Waals surface area contributed by atoms with Gasteiger partial charge in [0.15, 0.2) is 0 Å². The van der Waals surface area contributed by atoms with Crippen LogP contribution in [0.25, 0.3) is 0 Å². The monoisotopic (exact) mass is 414 g/mol. The van der Waals surface area contributed by atoms with E-state index in [4.69, 9.17) is 16.3 Å². The largest absolute Gasteiger partial charge is 0.455 e. The molecule has 6 heteroatoms. The quantitative estimate of drug-likeness (QED) is 0.798. The Morgan fingerprint density at radius 3 is 2.79 bits per heavy atom. The summed E-state index contributed by atoms with van der Waals surface area (Å²) in [5, 5.41) is 3.65. The lowest BCUT2D eigenvalue weighted by Crippen LogP contribution is -2.37. The number of benzene rings is 1. The summed E-state index contributed by atoms with van der Waals surface area (Å²) in [5.74, 6) is 0.970. The first kappa shape index (κ1) is 21.2. The molecule has 1 N–H and O–H groups in total. The Kier molecular flexibility index (Phi) is 7.15. The van der Waals surface area contributed by atoms with Gasteiger partial charge in [0.2, 0.25) is 5.91 Å². The molecule has 1 fully saturated rings. The molecule has 0 radical (unpaired) electrons. The summed E-state index contributed by atoms with van der Waals surface area (Å²) in [6.07, 6.45) is 10.4. The Bertz CT molecular complexity index is 873. The van der Waals surface area contributed by atoms with Crippen LogP contribution in [0, 0.1) is 6.92 Å². The van der Waals surface area contributed by atoms with Crippen LogP contribution in [0.5, 0.6) is 5.75 Å². The van der Waals surface area contributed by atoms with Crippen molar-refractivity contribution in [1.82, 2.24) is 10.2 Å². The second-order valence-electron chi connectivity index (χ2n) is 7.48. The van der Waals surface area contributed by atoms with E-state index in [-0.39, 0.29) is 17.9 Å². The molecule has 0 spiro atoms. The van der Waals surface area contributed by atoms with Gasteiger partial charge in [0.1, 0.15) is 11.5 Å². The van der Waals surface area contributed by atoms with Crippen LogP contribution >= 0.6 is 11.6 Å². The number of nitrogens with zero attached hydrogens (tertiary/aromatic N) is 1. The highest BCUT2D eigenvalue weighted by atomic mass is 35.5. The molecular weight excluding hydrogens is 388 g/mol. The Hall–Kier alpha value is -2.53. The number of halogens is 1. The second-order valence-corrected chi connectivity index (χ2v) is 7.88. The molecule has 29 heavy (non-hydrogen) atoms. The minimum atomic E-state index is -0.138. The molecule has 1 atom stereocenters. The number of hydrogen-bond donors (Lipinski definition) is 1. The fourth-order valence-corrected chi connectivity index (χ4v) is 3.82. The van der Waals surface area contributed by atoms with Gasteiger partial charge in [-0.25, -0.2) is 0 Å². The molecular formula is C23H27ClN2O3. The predicted octanol–water partition coefficient (Wildman–Crippen LogP) is 4.31. The van der Waals surface area contributed by atoms with Gasteiger partial charge < -0.3 is 15.0 Å². The number of amides is 2. The van der Waals surface area contributed by atoms with Gasteiger partial charge >= 0.3 is 0 Å². The zero-order chi connectivity index (χ0) is 20.8. The molecule has 0 saturated carbocycles. The van der Waals surface area contributed by atoms with Crippen molar-refractivity contribution < 1.29 is 14.3 Å². The lowest BCUT2D eigenvalue weighted by atomic mass is 10.1. The fourth-order valence-electron chi connectivity index (χ4n) is 3.54. The van der Waals surface area contributed by atoms with Crippen LogP contribution in [0.15, 0.2) is 53.8 Å². The third-order valence-corrected chi connectivity index (χ3v) is 5.50. The molecule has 1 saturated heterocycles. The SMILES string of the molecule is CC(=O)N1CCCC(NC(=O)C2=C(Oc3ccc(C)cc3Cl)C=CC=CC2)CC1. The molecule has 1 aromatic carbocycles. The number of ether oxygens (including phenoxy) is 1. The average Bonchev–Trinajstić information content (AvgIpc) is 3.05. The van der Waals surface area contributed by atoms with Crippen LogP contribution in [0.1, 0.15) is 38.2 Å². The third-order valence-electron chi connectivity index (χ3n) is 5.20. The molecule has 1 unspecified atom stereocenters. The van der Waals surface area contributed by atoms with E-state index in [1.54, 1.807) is 13.0 Å². The second kappa shape index (κ2) is 9.79. The summed E-state index contributed by atoms with van der Waals surface area (Å²) in [6, 6.07) is 5.61. The van der Waals surface area contributed by atoms with Gasteiger partial charge in [-0.2, -0.15) is 0 Å². The highest BCUT2D eigenvalue weighted by molar-refractivity contribution is 6.32. The number of aryl methyl sites for hydroxylation is 1. The number of hydrogen-bond acceptors (Lipinski definition) is 3. The van der Waals surface area contributed by atoms with Crippen LogP contribution < -0.4 is 10.1 Å². The van der Waals surface area contributed by atoms with Gasteiger partial charge in [0.25, 0.3) is 5.91 Å². The molecule has 1 aliphatic heterocycles.